The van der Waals surface area contributed by atoms with Crippen LogP contribution in [0.2, 0.25) is 5.02 Å². The SMILES string of the molecule is C#CCNc1ccc(Cl)cc1C(F)(F)F. The second-order valence-electron chi connectivity index (χ2n) is 2.75. The maximum absolute atomic E-state index is 12.5. The zero-order valence-corrected chi connectivity index (χ0v) is 8.28. The van der Waals surface area contributed by atoms with E-state index in [1.54, 1.807) is 0 Å². The van der Waals surface area contributed by atoms with Gasteiger partial charge in [0, 0.05) is 10.7 Å². The Morgan fingerprint density at radius 1 is 1.40 bits per heavy atom. The van der Waals surface area contributed by atoms with E-state index in [1.807, 2.05) is 0 Å². The highest BCUT2D eigenvalue weighted by atomic mass is 35.5. The third-order valence-electron chi connectivity index (χ3n) is 1.67. The van der Waals surface area contributed by atoms with Crippen molar-refractivity contribution in [3.63, 3.8) is 0 Å². The molecule has 0 radical (unpaired) electrons. The lowest BCUT2D eigenvalue weighted by molar-refractivity contribution is -0.136. The first-order valence-electron chi connectivity index (χ1n) is 3.99. The lowest BCUT2D eigenvalue weighted by Crippen LogP contribution is -2.10. The molecule has 0 heterocycles. The zero-order valence-electron chi connectivity index (χ0n) is 7.53. The Balaban J connectivity index is 3.10. The van der Waals surface area contributed by atoms with Crippen molar-refractivity contribution >= 4 is 17.3 Å². The highest BCUT2D eigenvalue weighted by Crippen LogP contribution is 2.36. The second-order valence-corrected chi connectivity index (χ2v) is 3.18. The Bertz CT molecular complexity index is 393. The van der Waals surface area contributed by atoms with Crippen LogP contribution in [0.15, 0.2) is 18.2 Å². The lowest BCUT2D eigenvalue weighted by Gasteiger charge is -2.13. The summed E-state index contributed by atoms with van der Waals surface area (Å²) in [7, 11) is 0. The van der Waals surface area contributed by atoms with Crippen LogP contribution in [0.3, 0.4) is 0 Å². The molecule has 0 aliphatic heterocycles. The van der Waals surface area contributed by atoms with E-state index < -0.39 is 11.7 Å². The Morgan fingerprint density at radius 2 is 2.07 bits per heavy atom. The number of benzene rings is 1. The molecule has 1 nitrogen and oxygen atoms in total. The summed E-state index contributed by atoms with van der Waals surface area (Å²) >= 11 is 5.49. The van der Waals surface area contributed by atoms with Gasteiger partial charge in [-0.1, -0.05) is 17.5 Å². The normalized spacial score (nSPS) is 10.9. The minimum absolute atomic E-state index is 0.0325. The molecule has 0 unspecified atom stereocenters. The Kier molecular flexibility index (Phi) is 3.48. The summed E-state index contributed by atoms with van der Waals surface area (Å²) in [4.78, 5) is 0. The average Bonchev–Trinajstić information content (AvgIpc) is 2.14. The van der Waals surface area contributed by atoms with Gasteiger partial charge in [0.1, 0.15) is 0 Å². The van der Waals surface area contributed by atoms with Gasteiger partial charge in [0.15, 0.2) is 0 Å². The number of hydrogen-bond acceptors (Lipinski definition) is 1. The molecule has 15 heavy (non-hydrogen) atoms. The second kappa shape index (κ2) is 4.45. The first kappa shape index (κ1) is 11.7. The maximum Gasteiger partial charge on any atom is 0.418 e. The number of halogens is 4. The molecular formula is C10H7ClF3N. The molecule has 0 aliphatic rings. The van der Waals surface area contributed by atoms with Gasteiger partial charge >= 0.3 is 6.18 Å². The number of anilines is 1. The van der Waals surface area contributed by atoms with E-state index in [4.69, 9.17) is 18.0 Å². The van der Waals surface area contributed by atoms with Crippen molar-refractivity contribution in [2.75, 3.05) is 11.9 Å². The monoisotopic (exact) mass is 233 g/mol. The molecule has 5 heteroatoms. The van der Waals surface area contributed by atoms with Crippen molar-refractivity contribution in [2.24, 2.45) is 0 Å². The summed E-state index contributed by atoms with van der Waals surface area (Å²) in [5.41, 5.74) is -0.880. The van der Waals surface area contributed by atoms with E-state index >= 15 is 0 Å². The molecule has 80 valence electrons. The third kappa shape index (κ3) is 3.07. The molecule has 0 atom stereocenters. The molecule has 1 aromatic rings. The molecule has 1 N–H and O–H groups in total. The van der Waals surface area contributed by atoms with Crippen molar-refractivity contribution in [1.82, 2.24) is 0 Å². The standard InChI is InChI=1S/C10H7ClF3N/c1-2-5-15-9-4-3-7(11)6-8(9)10(12,13)14/h1,3-4,6,15H,5H2. The third-order valence-corrected chi connectivity index (χ3v) is 1.90. The smallest absolute Gasteiger partial charge is 0.374 e. The Morgan fingerprint density at radius 3 is 2.60 bits per heavy atom. The summed E-state index contributed by atoms with van der Waals surface area (Å²) in [5.74, 6) is 2.20. The van der Waals surface area contributed by atoms with Crippen LogP contribution in [0.4, 0.5) is 18.9 Å². The van der Waals surface area contributed by atoms with E-state index in [0.29, 0.717) is 0 Å². The lowest BCUT2D eigenvalue weighted by atomic mass is 10.1. The van der Waals surface area contributed by atoms with Gasteiger partial charge in [-0.2, -0.15) is 13.2 Å². The van der Waals surface area contributed by atoms with Crippen molar-refractivity contribution in [3.05, 3.63) is 28.8 Å². The van der Waals surface area contributed by atoms with Gasteiger partial charge < -0.3 is 5.32 Å². The zero-order chi connectivity index (χ0) is 11.5. The first-order chi connectivity index (χ1) is 6.95. The number of rotatable bonds is 2. The van der Waals surface area contributed by atoms with Gasteiger partial charge in [-0.15, -0.1) is 6.42 Å². The fourth-order valence-corrected chi connectivity index (χ4v) is 1.22. The fraction of sp³-hybridized carbons (Fsp3) is 0.200. The van der Waals surface area contributed by atoms with Gasteiger partial charge in [0.05, 0.1) is 12.1 Å². The molecule has 0 aromatic heterocycles. The van der Waals surface area contributed by atoms with Crippen LogP contribution in [-0.4, -0.2) is 6.54 Å². The van der Waals surface area contributed by atoms with Crippen LogP contribution in [0.1, 0.15) is 5.56 Å². The van der Waals surface area contributed by atoms with E-state index in [9.17, 15) is 13.2 Å². The number of alkyl halides is 3. The van der Waals surface area contributed by atoms with E-state index in [-0.39, 0.29) is 17.3 Å². The molecule has 1 aromatic carbocycles. The summed E-state index contributed by atoms with van der Waals surface area (Å²) in [5, 5.41) is 2.52. The molecule has 0 fully saturated rings. The number of terminal acetylenes is 1. The van der Waals surface area contributed by atoms with E-state index in [1.165, 1.54) is 12.1 Å². The Hall–Kier alpha value is -1.34. The van der Waals surface area contributed by atoms with Crippen molar-refractivity contribution in [3.8, 4) is 12.3 Å². The molecular weight excluding hydrogens is 227 g/mol. The van der Waals surface area contributed by atoms with Gasteiger partial charge in [-0.3, -0.25) is 0 Å². The van der Waals surface area contributed by atoms with Gasteiger partial charge in [0.2, 0.25) is 0 Å². The maximum atomic E-state index is 12.5. The topological polar surface area (TPSA) is 12.0 Å². The summed E-state index contributed by atoms with van der Waals surface area (Å²) < 4.78 is 37.5. The van der Waals surface area contributed by atoms with Gasteiger partial charge in [-0.05, 0) is 18.2 Å². The van der Waals surface area contributed by atoms with E-state index in [2.05, 4.69) is 11.2 Å². The number of nitrogens with one attached hydrogen (secondary N) is 1. The predicted octanol–water partition coefficient (Wildman–Crippen LogP) is 3.40. The van der Waals surface area contributed by atoms with Gasteiger partial charge in [0.25, 0.3) is 0 Å². The molecule has 0 aliphatic carbocycles. The van der Waals surface area contributed by atoms with Crippen molar-refractivity contribution < 1.29 is 13.2 Å². The summed E-state index contributed by atoms with van der Waals surface area (Å²) in [6.45, 7) is 0.0325. The summed E-state index contributed by atoms with van der Waals surface area (Å²) in [6, 6.07) is 3.48. The van der Waals surface area contributed by atoms with Crippen molar-refractivity contribution in [2.45, 2.75) is 6.18 Å². The largest absolute Gasteiger partial charge is 0.418 e. The van der Waals surface area contributed by atoms with Crippen LogP contribution in [0.5, 0.6) is 0 Å². The highest BCUT2D eigenvalue weighted by Gasteiger charge is 2.33. The minimum atomic E-state index is -4.44. The van der Waals surface area contributed by atoms with Crippen molar-refractivity contribution in [1.29, 1.82) is 0 Å². The van der Waals surface area contributed by atoms with Crippen LogP contribution in [0, 0.1) is 12.3 Å². The quantitative estimate of drug-likeness (QED) is 0.772. The Labute approximate surface area is 90.2 Å². The molecule has 1 rings (SSSR count). The number of hydrogen-bond donors (Lipinski definition) is 1. The first-order valence-corrected chi connectivity index (χ1v) is 4.37. The van der Waals surface area contributed by atoms with Crippen LogP contribution in [-0.2, 0) is 6.18 Å². The minimum Gasteiger partial charge on any atom is -0.374 e. The molecule has 0 amide bonds. The fourth-order valence-electron chi connectivity index (χ4n) is 1.05. The van der Waals surface area contributed by atoms with E-state index in [0.717, 1.165) is 6.07 Å². The van der Waals surface area contributed by atoms with Crippen LogP contribution >= 0.6 is 11.6 Å². The molecule has 0 spiro atoms. The summed E-state index contributed by atoms with van der Waals surface area (Å²) in [6.07, 6.45) is 0.503. The predicted molar refractivity (Wildman–Crippen MR) is 53.8 cm³/mol. The van der Waals surface area contributed by atoms with Gasteiger partial charge in [-0.25, -0.2) is 0 Å². The molecule has 0 bridgehead atoms. The highest BCUT2D eigenvalue weighted by molar-refractivity contribution is 6.30. The average molecular weight is 234 g/mol. The van der Waals surface area contributed by atoms with Crippen LogP contribution in [0.25, 0.3) is 0 Å². The van der Waals surface area contributed by atoms with Crippen LogP contribution < -0.4 is 5.32 Å². The molecule has 0 saturated carbocycles. The molecule has 0 saturated heterocycles.